The highest BCUT2D eigenvalue weighted by Crippen LogP contribution is 2.28. The van der Waals surface area contributed by atoms with Gasteiger partial charge >= 0.3 is 0 Å². The van der Waals surface area contributed by atoms with Gasteiger partial charge in [0, 0.05) is 0 Å². The molecule has 0 amide bonds. The van der Waals surface area contributed by atoms with Gasteiger partial charge in [0.2, 0.25) is 0 Å². The quantitative estimate of drug-likeness (QED) is 0.589. The Hall–Kier alpha value is -0.510. The molecule has 0 radical (unpaired) electrons. The summed E-state index contributed by atoms with van der Waals surface area (Å²) >= 11 is 0. The average Bonchev–Trinajstić information content (AvgIpc) is 1.87. The number of nitrogens with zero attached hydrogens (tertiary/aromatic N) is 1. The molecule has 1 atom stereocenters. The van der Waals surface area contributed by atoms with E-state index < -0.39 is 0 Å². The van der Waals surface area contributed by atoms with Crippen molar-refractivity contribution in [3.8, 4) is 6.07 Å². The average molecular weight is 139 g/mol. The van der Waals surface area contributed by atoms with Crippen LogP contribution in [-0.4, -0.2) is 0 Å². The molecule has 0 aliphatic carbocycles. The summed E-state index contributed by atoms with van der Waals surface area (Å²) in [6.45, 7) is 8.43. The molecule has 0 aliphatic rings. The van der Waals surface area contributed by atoms with Crippen molar-refractivity contribution in [1.82, 2.24) is 0 Å². The SMILES string of the molecule is CCC(C)(C#N)CC(C)C. The van der Waals surface area contributed by atoms with E-state index in [1.54, 1.807) is 0 Å². The van der Waals surface area contributed by atoms with Crippen molar-refractivity contribution in [2.24, 2.45) is 11.3 Å². The van der Waals surface area contributed by atoms with Gasteiger partial charge in [-0.25, -0.2) is 0 Å². The molecule has 0 aromatic heterocycles. The van der Waals surface area contributed by atoms with Crippen LogP contribution in [0.1, 0.15) is 40.5 Å². The topological polar surface area (TPSA) is 23.8 Å². The Morgan fingerprint density at radius 1 is 1.50 bits per heavy atom. The first-order valence-electron chi connectivity index (χ1n) is 3.95. The molecule has 0 saturated heterocycles. The third kappa shape index (κ3) is 2.87. The first-order chi connectivity index (χ1) is 4.54. The van der Waals surface area contributed by atoms with Gasteiger partial charge in [0.15, 0.2) is 0 Å². The van der Waals surface area contributed by atoms with Crippen molar-refractivity contribution >= 4 is 0 Å². The van der Waals surface area contributed by atoms with E-state index in [0.29, 0.717) is 5.92 Å². The van der Waals surface area contributed by atoms with E-state index in [9.17, 15) is 0 Å². The van der Waals surface area contributed by atoms with Crippen LogP contribution in [0, 0.1) is 22.7 Å². The van der Waals surface area contributed by atoms with Crippen molar-refractivity contribution in [3.05, 3.63) is 0 Å². The summed E-state index contributed by atoms with van der Waals surface area (Å²) in [7, 11) is 0. The third-order valence-electron chi connectivity index (χ3n) is 1.91. The fraction of sp³-hybridized carbons (Fsp3) is 0.889. The lowest BCUT2D eigenvalue weighted by Crippen LogP contribution is -2.14. The molecule has 1 heteroatoms. The molecule has 0 aromatic rings. The Kier molecular flexibility index (Phi) is 3.42. The maximum absolute atomic E-state index is 8.78. The standard InChI is InChI=1S/C9H17N/c1-5-9(4,7-10)6-8(2)3/h8H,5-6H2,1-4H3. The molecule has 0 rings (SSSR count). The molecular formula is C9H17N. The zero-order valence-corrected chi connectivity index (χ0v) is 7.44. The molecule has 1 unspecified atom stereocenters. The van der Waals surface area contributed by atoms with Crippen LogP contribution in [0.5, 0.6) is 0 Å². The Morgan fingerprint density at radius 2 is 2.00 bits per heavy atom. The van der Waals surface area contributed by atoms with Crippen molar-refractivity contribution in [2.75, 3.05) is 0 Å². The third-order valence-corrected chi connectivity index (χ3v) is 1.91. The van der Waals surface area contributed by atoms with Gasteiger partial charge in [-0.05, 0) is 25.7 Å². The minimum Gasteiger partial charge on any atom is -0.198 e. The molecule has 0 bridgehead atoms. The lowest BCUT2D eigenvalue weighted by Gasteiger charge is -2.20. The van der Waals surface area contributed by atoms with E-state index >= 15 is 0 Å². The predicted octanol–water partition coefficient (Wildman–Crippen LogP) is 2.97. The molecule has 1 nitrogen and oxygen atoms in total. The number of rotatable bonds is 3. The molecule has 0 heterocycles. The van der Waals surface area contributed by atoms with E-state index in [-0.39, 0.29) is 5.41 Å². The second-order valence-electron chi connectivity index (χ2n) is 3.62. The van der Waals surface area contributed by atoms with Crippen LogP contribution in [0.25, 0.3) is 0 Å². The highest BCUT2D eigenvalue weighted by Gasteiger charge is 2.21. The van der Waals surface area contributed by atoms with Crippen LogP contribution < -0.4 is 0 Å². The normalized spacial score (nSPS) is 16.4. The minimum absolute atomic E-state index is 0.0891. The number of hydrogen-bond donors (Lipinski definition) is 0. The van der Waals surface area contributed by atoms with E-state index in [1.807, 2.05) is 6.92 Å². The van der Waals surface area contributed by atoms with Crippen LogP contribution >= 0.6 is 0 Å². The van der Waals surface area contributed by atoms with Crippen LogP contribution in [0.2, 0.25) is 0 Å². The summed E-state index contributed by atoms with van der Waals surface area (Å²) in [5.74, 6) is 0.629. The van der Waals surface area contributed by atoms with Crippen LogP contribution in [-0.2, 0) is 0 Å². The highest BCUT2D eigenvalue weighted by atomic mass is 14.3. The van der Waals surface area contributed by atoms with Gasteiger partial charge in [-0.15, -0.1) is 0 Å². The van der Waals surface area contributed by atoms with Gasteiger partial charge in [-0.3, -0.25) is 0 Å². The first-order valence-corrected chi connectivity index (χ1v) is 3.95. The lowest BCUT2D eigenvalue weighted by atomic mass is 9.81. The summed E-state index contributed by atoms with van der Waals surface area (Å²) in [5, 5.41) is 8.78. The van der Waals surface area contributed by atoms with Gasteiger partial charge in [0.1, 0.15) is 0 Å². The second kappa shape index (κ2) is 3.61. The van der Waals surface area contributed by atoms with E-state index in [1.165, 1.54) is 0 Å². The Balaban J connectivity index is 3.97. The first kappa shape index (κ1) is 9.49. The summed E-state index contributed by atoms with van der Waals surface area (Å²) in [6, 6.07) is 2.36. The second-order valence-corrected chi connectivity index (χ2v) is 3.62. The molecule has 0 spiro atoms. The summed E-state index contributed by atoms with van der Waals surface area (Å²) in [6.07, 6.45) is 1.97. The maximum atomic E-state index is 8.78. The Bertz CT molecular complexity index is 132. The number of hydrogen-bond acceptors (Lipinski definition) is 1. The Labute approximate surface area is 64.1 Å². The molecular weight excluding hydrogens is 122 g/mol. The van der Waals surface area contributed by atoms with Crippen molar-refractivity contribution in [1.29, 1.82) is 5.26 Å². The van der Waals surface area contributed by atoms with Gasteiger partial charge < -0.3 is 0 Å². The van der Waals surface area contributed by atoms with Crippen LogP contribution in [0.3, 0.4) is 0 Å². The van der Waals surface area contributed by atoms with E-state index in [0.717, 1.165) is 12.8 Å². The zero-order valence-electron chi connectivity index (χ0n) is 7.44. The molecule has 0 saturated carbocycles. The summed E-state index contributed by atoms with van der Waals surface area (Å²) < 4.78 is 0. The van der Waals surface area contributed by atoms with Crippen molar-refractivity contribution < 1.29 is 0 Å². The monoisotopic (exact) mass is 139 g/mol. The van der Waals surface area contributed by atoms with Crippen molar-refractivity contribution in [2.45, 2.75) is 40.5 Å². The predicted molar refractivity (Wildman–Crippen MR) is 43.5 cm³/mol. The molecule has 10 heavy (non-hydrogen) atoms. The van der Waals surface area contributed by atoms with Gasteiger partial charge in [0.05, 0.1) is 11.5 Å². The van der Waals surface area contributed by atoms with Crippen LogP contribution in [0.4, 0.5) is 0 Å². The lowest BCUT2D eigenvalue weighted by molar-refractivity contribution is 0.333. The fourth-order valence-electron chi connectivity index (χ4n) is 1.17. The molecule has 0 N–H and O–H groups in total. The van der Waals surface area contributed by atoms with Gasteiger partial charge in [-0.1, -0.05) is 20.8 Å². The van der Waals surface area contributed by atoms with E-state index in [2.05, 4.69) is 26.8 Å². The largest absolute Gasteiger partial charge is 0.198 e. The van der Waals surface area contributed by atoms with Gasteiger partial charge in [0.25, 0.3) is 0 Å². The highest BCUT2D eigenvalue weighted by molar-refractivity contribution is 4.94. The van der Waals surface area contributed by atoms with Gasteiger partial charge in [-0.2, -0.15) is 5.26 Å². The smallest absolute Gasteiger partial charge is 0.0686 e. The van der Waals surface area contributed by atoms with E-state index in [4.69, 9.17) is 5.26 Å². The minimum atomic E-state index is -0.0891. The molecule has 58 valence electrons. The molecule has 0 aliphatic heterocycles. The molecule has 0 aromatic carbocycles. The fourth-order valence-corrected chi connectivity index (χ4v) is 1.17. The summed E-state index contributed by atoms with van der Waals surface area (Å²) in [4.78, 5) is 0. The van der Waals surface area contributed by atoms with Crippen molar-refractivity contribution in [3.63, 3.8) is 0 Å². The number of nitriles is 1. The maximum Gasteiger partial charge on any atom is 0.0686 e. The zero-order chi connectivity index (χ0) is 8.20. The molecule has 0 fully saturated rings. The summed E-state index contributed by atoms with van der Waals surface area (Å²) in [5.41, 5.74) is -0.0891. The Morgan fingerprint density at radius 3 is 2.10 bits per heavy atom. The van der Waals surface area contributed by atoms with Crippen LogP contribution in [0.15, 0.2) is 0 Å².